The molecule has 0 unspecified atom stereocenters. The Morgan fingerprint density at radius 3 is 2.45 bits per heavy atom. The molecule has 0 aliphatic carbocycles. The average Bonchev–Trinajstić information content (AvgIpc) is 2.36. The summed E-state index contributed by atoms with van der Waals surface area (Å²) in [7, 11) is 0. The van der Waals surface area contributed by atoms with Gasteiger partial charge >= 0.3 is 12.0 Å². The van der Waals surface area contributed by atoms with E-state index in [4.69, 9.17) is 16.6 Å². The zero-order valence-corrected chi connectivity index (χ0v) is 10.6. The fourth-order valence-electron chi connectivity index (χ4n) is 1.47. The third-order valence-corrected chi connectivity index (χ3v) is 2.49. The summed E-state index contributed by atoms with van der Waals surface area (Å²) in [4.78, 5) is 33.2. The quantitative estimate of drug-likeness (QED) is 0.469. The number of carbonyl (C=O) groups excluding carboxylic acids is 2. The number of para-hydroxylation sites is 2. The summed E-state index contributed by atoms with van der Waals surface area (Å²) in [6, 6.07) is 4.62. The highest BCUT2D eigenvalue weighted by atomic mass is 16.4. The molecule has 0 spiro atoms. The van der Waals surface area contributed by atoms with Crippen molar-refractivity contribution in [2.75, 3.05) is 11.1 Å². The molecular weight excluding hydrogens is 264 g/mol. The van der Waals surface area contributed by atoms with E-state index in [-0.39, 0.29) is 12.8 Å². The third-order valence-electron chi connectivity index (χ3n) is 2.49. The van der Waals surface area contributed by atoms with Crippen LogP contribution in [0.4, 0.5) is 16.2 Å². The second-order valence-corrected chi connectivity index (χ2v) is 4.08. The number of hydrogen-bond acceptors (Lipinski definition) is 4. The molecule has 8 heteroatoms. The molecule has 1 atom stereocenters. The number of primary amides is 1. The largest absolute Gasteiger partial charge is 0.480 e. The standard InChI is InChI=1S/C12H16N4O4/c13-7-3-1-2-4-8(7)15-12(20)16-9(11(18)19)5-6-10(14)17/h1-4,9H,5-6,13H2,(H2,14,17)(H,18,19)(H2,15,16,20)/t9-/m0/s1. The zero-order valence-electron chi connectivity index (χ0n) is 10.6. The lowest BCUT2D eigenvalue weighted by Crippen LogP contribution is -2.43. The predicted molar refractivity (Wildman–Crippen MR) is 72.9 cm³/mol. The molecule has 0 aliphatic rings. The number of carboxylic acid groups (broad SMARTS) is 1. The lowest BCUT2D eigenvalue weighted by molar-refractivity contribution is -0.139. The van der Waals surface area contributed by atoms with Gasteiger partial charge in [-0.05, 0) is 18.6 Å². The van der Waals surface area contributed by atoms with Crippen LogP contribution in [0.1, 0.15) is 12.8 Å². The molecule has 8 nitrogen and oxygen atoms in total. The predicted octanol–water partition coefficient (Wildman–Crippen LogP) is 0.109. The highest BCUT2D eigenvalue weighted by Crippen LogP contribution is 2.16. The molecule has 0 radical (unpaired) electrons. The van der Waals surface area contributed by atoms with E-state index in [1.807, 2.05) is 0 Å². The molecule has 108 valence electrons. The van der Waals surface area contributed by atoms with Gasteiger partial charge in [-0.25, -0.2) is 9.59 Å². The first-order valence-corrected chi connectivity index (χ1v) is 5.83. The van der Waals surface area contributed by atoms with Gasteiger partial charge in [0, 0.05) is 6.42 Å². The van der Waals surface area contributed by atoms with Crippen LogP contribution in [0.15, 0.2) is 24.3 Å². The molecule has 1 rings (SSSR count). The summed E-state index contributed by atoms with van der Waals surface area (Å²) in [5.41, 5.74) is 11.3. The Kier molecular flexibility index (Phi) is 5.33. The van der Waals surface area contributed by atoms with Gasteiger partial charge in [0.15, 0.2) is 0 Å². The Hall–Kier alpha value is -2.77. The van der Waals surface area contributed by atoms with Crippen molar-refractivity contribution in [3.05, 3.63) is 24.3 Å². The molecule has 0 fully saturated rings. The molecule has 1 aromatic rings. The van der Waals surface area contributed by atoms with Crippen LogP contribution in [0, 0.1) is 0 Å². The van der Waals surface area contributed by atoms with Gasteiger partial charge in [0.25, 0.3) is 0 Å². The fourth-order valence-corrected chi connectivity index (χ4v) is 1.47. The van der Waals surface area contributed by atoms with E-state index in [9.17, 15) is 14.4 Å². The third kappa shape index (κ3) is 4.84. The van der Waals surface area contributed by atoms with Crippen LogP contribution in [-0.4, -0.2) is 29.1 Å². The Morgan fingerprint density at radius 1 is 1.25 bits per heavy atom. The maximum atomic E-state index is 11.7. The Bertz CT molecular complexity index is 518. The van der Waals surface area contributed by atoms with E-state index in [0.717, 1.165) is 0 Å². The van der Waals surface area contributed by atoms with Crippen LogP contribution in [0.2, 0.25) is 0 Å². The van der Waals surface area contributed by atoms with Gasteiger partial charge in [-0.3, -0.25) is 4.79 Å². The van der Waals surface area contributed by atoms with Crippen molar-refractivity contribution < 1.29 is 19.5 Å². The molecule has 3 amide bonds. The Labute approximate surface area is 115 Å². The number of carbonyl (C=O) groups is 3. The maximum Gasteiger partial charge on any atom is 0.326 e. The van der Waals surface area contributed by atoms with E-state index in [0.29, 0.717) is 11.4 Å². The number of aliphatic carboxylic acids is 1. The number of benzene rings is 1. The van der Waals surface area contributed by atoms with Crippen molar-refractivity contribution >= 4 is 29.3 Å². The normalized spacial score (nSPS) is 11.4. The second-order valence-electron chi connectivity index (χ2n) is 4.08. The summed E-state index contributed by atoms with van der Waals surface area (Å²) < 4.78 is 0. The smallest absolute Gasteiger partial charge is 0.326 e. The lowest BCUT2D eigenvalue weighted by Gasteiger charge is -2.15. The van der Waals surface area contributed by atoms with Crippen molar-refractivity contribution in [3.63, 3.8) is 0 Å². The number of anilines is 2. The number of amides is 3. The first-order valence-electron chi connectivity index (χ1n) is 5.83. The molecule has 7 N–H and O–H groups in total. The summed E-state index contributed by atoms with van der Waals surface area (Å²) in [5.74, 6) is -1.88. The van der Waals surface area contributed by atoms with Crippen molar-refractivity contribution in [2.45, 2.75) is 18.9 Å². The first-order chi connectivity index (χ1) is 9.40. The van der Waals surface area contributed by atoms with Gasteiger partial charge in [0.05, 0.1) is 11.4 Å². The van der Waals surface area contributed by atoms with Crippen LogP contribution < -0.4 is 22.1 Å². The first kappa shape index (κ1) is 15.3. The molecule has 0 aliphatic heterocycles. The highest BCUT2D eigenvalue weighted by Gasteiger charge is 2.20. The van der Waals surface area contributed by atoms with Gasteiger partial charge in [-0.1, -0.05) is 12.1 Å². The second kappa shape index (κ2) is 6.98. The van der Waals surface area contributed by atoms with Crippen LogP contribution in [0.3, 0.4) is 0 Å². The summed E-state index contributed by atoms with van der Waals surface area (Å²) >= 11 is 0. The molecule has 0 bridgehead atoms. The number of nitrogen functional groups attached to an aromatic ring is 1. The van der Waals surface area contributed by atoms with E-state index in [2.05, 4.69) is 10.6 Å². The van der Waals surface area contributed by atoms with E-state index < -0.39 is 23.9 Å². The van der Waals surface area contributed by atoms with Crippen LogP contribution in [-0.2, 0) is 9.59 Å². The minimum Gasteiger partial charge on any atom is -0.480 e. The van der Waals surface area contributed by atoms with Crippen molar-refractivity contribution in [3.8, 4) is 0 Å². The maximum absolute atomic E-state index is 11.7. The van der Waals surface area contributed by atoms with Gasteiger partial charge in [-0.2, -0.15) is 0 Å². The molecular formula is C12H16N4O4. The summed E-state index contributed by atoms with van der Waals surface area (Å²) in [6.45, 7) is 0. The van der Waals surface area contributed by atoms with Crippen molar-refractivity contribution in [2.24, 2.45) is 5.73 Å². The van der Waals surface area contributed by atoms with Gasteiger partial charge < -0.3 is 27.2 Å². The summed E-state index contributed by atoms with van der Waals surface area (Å²) in [6.07, 6.45) is -0.215. The number of urea groups is 1. The number of hydrogen-bond donors (Lipinski definition) is 5. The SMILES string of the molecule is NC(=O)CC[C@H](NC(=O)Nc1ccccc1N)C(=O)O. The molecule has 0 aromatic heterocycles. The van der Waals surface area contributed by atoms with Gasteiger partial charge in [-0.15, -0.1) is 0 Å². The highest BCUT2D eigenvalue weighted by molar-refractivity contribution is 5.94. The zero-order chi connectivity index (χ0) is 15.1. The van der Waals surface area contributed by atoms with Crippen molar-refractivity contribution in [1.29, 1.82) is 0 Å². The number of rotatable bonds is 6. The van der Waals surface area contributed by atoms with Crippen molar-refractivity contribution in [1.82, 2.24) is 5.32 Å². The molecule has 20 heavy (non-hydrogen) atoms. The van der Waals surface area contributed by atoms with Crippen LogP contribution in [0.25, 0.3) is 0 Å². The van der Waals surface area contributed by atoms with Crippen LogP contribution in [0.5, 0.6) is 0 Å². The topological polar surface area (TPSA) is 148 Å². The summed E-state index contributed by atoms with van der Waals surface area (Å²) in [5, 5.41) is 13.6. The Morgan fingerprint density at radius 2 is 1.90 bits per heavy atom. The minimum atomic E-state index is -1.25. The minimum absolute atomic E-state index is 0.0810. The number of carboxylic acids is 1. The van der Waals surface area contributed by atoms with E-state index >= 15 is 0 Å². The van der Waals surface area contributed by atoms with Crippen LogP contribution >= 0.6 is 0 Å². The number of nitrogens with one attached hydrogen (secondary N) is 2. The molecule has 1 aromatic carbocycles. The van der Waals surface area contributed by atoms with Gasteiger partial charge in [0.2, 0.25) is 5.91 Å². The Balaban J connectivity index is 2.60. The van der Waals surface area contributed by atoms with E-state index in [1.54, 1.807) is 24.3 Å². The van der Waals surface area contributed by atoms with E-state index in [1.165, 1.54) is 0 Å². The molecule has 0 heterocycles. The number of nitrogens with two attached hydrogens (primary N) is 2. The van der Waals surface area contributed by atoms with Gasteiger partial charge in [0.1, 0.15) is 6.04 Å². The lowest BCUT2D eigenvalue weighted by atomic mass is 10.1. The monoisotopic (exact) mass is 280 g/mol. The molecule has 0 saturated carbocycles. The average molecular weight is 280 g/mol. The molecule has 0 saturated heterocycles. The fraction of sp³-hybridized carbons (Fsp3) is 0.250.